The summed E-state index contributed by atoms with van der Waals surface area (Å²) in [7, 11) is 0. The molecule has 0 fully saturated rings. The van der Waals surface area contributed by atoms with Gasteiger partial charge in [-0.25, -0.2) is 4.98 Å². The van der Waals surface area contributed by atoms with Gasteiger partial charge in [-0.3, -0.25) is 10.5 Å². The number of hydrogen-bond donors (Lipinski definition) is 4. The van der Waals surface area contributed by atoms with Crippen molar-refractivity contribution in [1.29, 1.82) is 5.41 Å². The summed E-state index contributed by atoms with van der Waals surface area (Å²) in [5, 5.41) is 13.4. The van der Waals surface area contributed by atoms with Crippen molar-refractivity contribution in [1.82, 2.24) is 4.98 Å². The molecule has 7 N–H and O–H groups in total. The van der Waals surface area contributed by atoms with Crippen LogP contribution in [0.15, 0.2) is 35.2 Å². The molecule has 5 nitrogen and oxygen atoms in total. The van der Waals surface area contributed by atoms with Gasteiger partial charge in [-0.05, 0) is 36.2 Å². The fraction of sp³-hybridized carbons (Fsp3) is 0. The second-order valence-electron chi connectivity index (χ2n) is 3.81. The summed E-state index contributed by atoms with van der Waals surface area (Å²) in [6.07, 6.45) is 0. The van der Waals surface area contributed by atoms with Crippen molar-refractivity contribution in [3.8, 4) is 11.3 Å². The summed E-state index contributed by atoms with van der Waals surface area (Å²) in [4.78, 5) is 5.12. The van der Waals surface area contributed by atoms with E-state index >= 15 is 0 Å². The van der Waals surface area contributed by atoms with Gasteiger partial charge in [-0.2, -0.15) is 0 Å². The van der Waals surface area contributed by atoms with Gasteiger partial charge in [0.15, 0.2) is 0 Å². The number of aromatic nitrogens is 1. The molecule has 0 unspecified atom stereocenters. The van der Waals surface area contributed by atoms with E-state index in [4.69, 9.17) is 33.6 Å². The Hall–Kier alpha value is -1.76. The average Bonchev–Trinajstić information content (AvgIpc) is 2.39. The number of anilines is 1. The topological polar surface area (TPSA) is 115 Å². The third-order valence-corrected chi connectivity index (χ3v) is 3.37. The average molecular weight is 294 g/mol. The summed E-state index contributed by atoms with van der Waals surface area (Å²) < 4.78 is 0. The lowest BCUT2D eigenvalue weighted by atomic mass is 10.1. The Labute approximate surface area is 119 Å². The Morgan fingerprint density at radius 3 is 2.58 bits per heavy atom. The van der Waals surface area contributed by atoms with Crippen molar-refractivity contribution in [3.05, 3.63) is 41.0 Å². The van der Waals surface area contributed by atoms with Crippen LogP contribution >= 0.6 is 23.5 Å². The highest BCUT2D eigenvalue weighted by atomic mass is 35.5. The second kappa shape index (κ2) is 5.48. The summed E-state index contributed by atoms with van der Waals surface area (Å²) in [6, 6.07) is 8.81. The monoisotopic (exact) mass is 293 g/mol. The van der Waals surface area contributed by atoms with Crippen LogP contribution in [0.5, 0.6) is 0 Å². The minimum atomic E-state index is -0.176. The highest BCUT2D eigenvalue weighted by Crippen LogP contribution is 2.30. The molecule has 0 bridgehead atoms. The fourth-order valence-electron chi connectivity index (χ4n) is 1.61. The molecule has 0 atom stereocenters. The fourth-order valence-corrected chi connectivity index (χ4v) is 2.29. The molecule has 0 aliphatic rings. The van der Waals surface area contributed by atoms with Crippen molar-refractivity contribution < 1.29 is 0 Å². The lowest BCUT2D eigenvalue weighted by Gasteiger charge is -2.08. The largest absolute Gasteiger partial charge is 0.397 e. The first-order valence-electron chi connectivity index (χ1n) is 5.30. The van der Waals surface area contributed by atoms with Crippen LogP contribution in [0.25, 0.3) is 11.3 Å². The second-order valence-corrected chi connectivity index (χ2v) is 4.92. The summed E-state index contributed by atoms with van der Waals surface area (Å²) >= 11 is 7.31. The predicted octanol–water partition coefficient (Wildman–Crippen LogP) is 2.23. The highest BCUT2D eigenvalue weighted by Gasteiger charge is 2.10. The molecule has 98 valence electrons. The Morgan fingerprint density at radius 1 is 1.26 bits per heavy atom. The third kappa shape index (κ3) is 2.81. The number of halogens is 1. The number of nitrogen functional groups attached to an aromatic ring is 2. The molecular formula is C12H12ClN5S. The van der Waals surface area contributed by atoms with Crippen molar-refractivity contribution in [2.24, 2.45) is 10.9 Å². The molecule has 0 saturated heterocycles. The van der Waals surface area contributed by atoms with Crippen molar-refractivity contribution in [3.63, 3.8) is 0 Å². The minimum absolute atomic E-state index is 0.176. The Balaban J connectivity index is 2.53. The Morgan fingerprint density at radius 2 is 2.00 bits per heavy atom. The quantitative estimate of drug-likeness (QED) is 0.393. The molecule has 1 aromatic heterocycles. The van der Waals surface area contributed by atoms with E-state index in [2.05, 4.69) is 4.98 Å². The maximum absolute atomic E-state index is 7.44. The van der Waals surface area contributed by atoms with E-state index < -0.39 is 0 Å². The number of hydrogen-bond acceptors (Lipinski definition) is 5. The molecule has 0 radical (unpaired) electrons. The summed E-state index contributed by atoms with van der Waals surface area (Å²) in [5.41, 5.74) is 13.1. The summed E-state index contributed by atoms with van der Waals surface area (Å²) in [6.45, 7) is 0. The van der Waals surface area contributed by atoms with Gasteiger partial charge in [0, 0.05) is 10.5 Å². The number of pyridine rings is 1. The molecule has 7 heteroatoms. The lowest BCUT2D eigenvalue weighted by Crippen LogP contribution is -2.16. The van der Waals surface area contributed by atoms with Crippen molar-refractivity contribution in [2.75, 3.05) is 5.73 Å². The molecular weight excluding hydrogens is 282 g/mol. The molecule has 0 aliphatic carbocycles. The molecule has 1 aromatic carbocycles. The van der Waals surface area contributed by atoms with E-state index in [0.717, 1.165) is 22.4 Å². The van der Waals surface area contributed by atoms with Gasteiger partial charge in [0.1, 0.15) is 11.5 Å². The number of nitrogens with zero attached hydrogens (tertiary/aromatic N) is 1. The van der Waals surface area contributed by atoms with Crippen LogP contribution in [0.1, 0.15) is 5.69 Å². The standard InChI is InChI=1S/C12H12ClN5S/c13-8-5-6(19-17)1-2-7(8)10-4-3-9(14)11(18-10)12(15)16/h1-5H,14,17H2,(H3,15,16). The van der Waals surface area contributed by atoms with Crippen LogP contribution in [-0.4, -0.2) is 10.8 Å². The molecule has 2 rings (SSSR count). The van der Waals surface area contributed by atoms with Crippen molar-refractivity contribution >= 4 is 35.1 Å². The lowest BCUT2D eigenvalue weighted by molar-refractivity contribution is 1.26. The molecule has 0 amide bonds. The smallest absolute Gasteiger partial charge is 0.143 e. The normalized spacial score (nSPS) is 10.4. The first kappa shape index (κ1) is 13.7. The molecule has 0 saturated carbocycles. The number of nitrogens with two attached hydrogens (primary N) is 3. The van der Waals surface area contributed by atoms with Gasteiger partial charge in [0.05, 0.1) is 16.4 Å². The predicted molar refractivity (Wildman–Crippen MR) is 80.2 cm³/mol. The zero-order chi connectivity index (χ0) is 14.0. The number of benzene rings is 1. The van der Waals surface area contributed by atoms with E-state index in [-0.39, 0.29) is 11.5 Å². The van der Waals surface area contributed by atoms with Gasteiger partial charge in [-0.1, -0.05) is 17.7 Å². The molecule has 19 heavy (non-hydrogen) atoms. The molecule has 1 heterocycles. The molecule has 2 aromatic rings. The summed E-state index contributed by atoms with van der Waals surface area (Å²) in [5.74, 6) is -0.176. The van der Waals surface area contributed by atoms with Crippen LogP contribution in [0.2, 0.25) is 5.02 Å². The molecule has 0 spiro atoms. The van der Waals surface area contributed by atoms with E-state index in [1.54, 1.807) is 18.2 Å². The van der Waals surface area contributed by atoms with E-state index in [9.17, 15) is 0 Å². The van der Waals surface area contributed by atoms with Gasteiger partial charge in [0.2, 0.25) is 0 Å². The zero-order valence-corrected chi connectivity index (χ0v) is 11.4. The first-order valence-corrected chi connectivity index (χ1v) is 6.56. The van der Waals surface area contributed by atoms with Crippen LogP contribution in [0.4, 0.5) is 5.69 Å². The van der Waals surface area contributed by atoms with Crippen LogP contribution < -0.4 is 16.6 Å². The van der Waals surface area contributed by atoms with Crippen LogP contribution in [0.3, 0.4) is 0 Å². The van der Waals surface area contributed by atoms with Crippen molar-refractivity contribution in [2.45, 2.75) is 4.90 Å². The van der Waals surface area contributed by atoms with Gasteiger partial charge in [-0.15, -0.1) is 0 Å². The van der Waals surface area contributed by atoms with Gasteiger partial charge < -0.3 is 11.5 Å². The SMILES string of the molecule is N=C(N)c1nc(-c2ccc(SN)cc2Cl)ccc1N. The Kier molecular flexibility index (Phi) is 3.94. The maximum atomic E-state index is 7.44. The Bertz CT molecular complexity index is 644. The first-order chi connectivity index (χ1) is 9.02. The maximum Gasteiger partial charge on any atom is 0.143 e. The minimum Gasteiger partial charge on any atom is -0.397 e. The van der Waals surface area contributed by atoms with Gasteiger partial charge in [0.25, 0.3) is 0 Å². The van der Waals surface area contributed by atoms with E-state index in [1.165, 1.54) is 0 Å². The van der Waals surface area contributed by atoms with E-state index in [1.807, 2.05) is 12.1 Å². The zero-order valence-electron chi connectivity index (χ0n) is 9.85. The number of rotatable bonds is 3. The third-order valence-electron chi connectivity index (χ3n) is 2.53. The highest BCUT2D eigenvalue weighted by molar-refractivity contribution is 7.97. The number of amidine groups is 1. The van der Waals surface area contributed by atoms with Gasteiger partial charge >= 0.3 is 0 Å². The van der Waals surface area contributed by atoms with Crippen LogP contribution in [-0.2, 0) is 0 Å². The van der Waals surface area contributed by atoms with Crippen LogP contribution in [0, 0.1) is 5.41 Å². The number of nitrogens with one attached hydrogen (secondary N) is 1. The van der Waals surface area contributed by atoms with E-state index in [0.29, 0.717) is 16.4 Å². The molecule has 0 aliphatic heterocycles.